The number of benzene rings is 1. The zero-order valence-electron chi connectivity index (χ0n) is 11.8. The first-order valence-electron chi connectivity index (χ1n) is 6.23. The Hall–Kier alpha value is -1.26. The molecule has 0 aliphatic rings. The van der Waals surface area contributed by atoms with Crippen LogP contribution in [0.4, 0.5) is 0 Å². The van der Waals surface area contributed by atoms with Crippen molar-refractivity contribution < 1.29 is 9.47 Å². The van der Waals surface area contributed by atoms with Gasteiger partial charge < -0.3 is 20.1 Å². The fourth-order valence-electron chi connectivity index (χ4n) is 1.67. The smallest absolute Gasteiger partial charge is 0.122 e. The molecule has 0 aliphatic carbocycles. The average Bonchev–Trinajstić information content (AvgIpc) is 2.29. The molecule has 0 radical (unpaired) electrons. The van der Waals surface area contributed by atoms with Gasteiger partial charge in [-0.1, -0.05) is 0 Å². The van der Waals surface area contributed by atoms with Crippen molar-refractivity contribution in [3.05, 3.63) is 23.8 Å². The topological polar surface area (TPSA) is 47.7 Å². The van der Waals surface area contributed by atoms with E-state index >= 15 is 0 Å². The Morgan fingerprint density at radius 1 is 1.33 bits per heavy atom. The summed E-state index contributed by atoms with van der Waals surface area (Å²) < 4.78 is 11.0. The van der Waals surface area contributed by atoms with Crippen LogP contribution < -0.4 is 15.2 Å². The van der Waals surface area contributed by atoms with Crippen LogP contribution in [0, 0.1) is 0 Å². The molecule has 0 fully saturated rings. The lowest BCUT2D eigenvalue weighted by atomic mass is 10.1. The lowest BCUT2D eigenvalue weighted by Crippen LogP contribution is -2.21. The molecule has 0 spiro atoms. The number of ether oxygens (including phenoxy) is 2. The normalized spacial score (nSPS) is 12.6. The van der Waals surface area contributed by atoms with Crippen molar-refractivity contribution in [2.45, 2.75) is 19.4 Å². The summed E-state index contributed by atoms with van der Waals surface area (Å²) in [5.41, 5.74) is 6.96. The van der Waals surface area contributed by atoms with Gasteiger partial charge in [0.05, 0.1) is 7.11 Å². The Morgan fingerprint density at radius 3 is 2.61 bits per heavy atom. The molecule has 1 aromatic rings. The van der Waals surface area contributed by atoms with Crippen molar-refractivity contribution in [2.24, 2.45) is 5.73 Å². The highest BCUT2D eigenvalue weighted by Crippen LogP contribution is 2.25. The fraction of sp³-hybridized carbons (Fsp3) is 0.571. The number of nitrogens with zero attached hydrogens (tertiary/aromatic N) is 1. The van der Waals surface area contributed by atoms with E-state index in [1.54, 1.807) is 7.11 Å². The third-order valence-electron chi connectivity index (χ3n) is 2.61. The zero-order valence-corrected chi connectivity index (χ0v) is 11.8. The summed E-state index contributed by atoms with van der Waals surface area (Å²) in [7, 11) is 5.72. The molecule has 1 unspecified atom stereocenters. The zero-order chi connectivity index (χ0) is 13.5. The molecule has 1 atom stereocenters. The standard InChI is InChI=1S/C14H24N2O2/c1-11(15)9-12-10-13(17-4)5-6-14(12)18-8-7-16(2)3/h5-6,10-11H,7-9,15H2,1-4H3. The fourth-order valence-corrected chi connectivity index (χ4v) is 1.67. The van der Waals surface area contributed by atoms with Crippen molar-refractivity contribution in [1.82, 2.24) is 4.90 Å². The number of hydrogen-bond donors (Lipinski definition) is 1. The second kappa shape index (κ2) is 7.24. The number of methoxy groups -OCH3 is 1. The lowest BCUT2D eigenvalue weighted by molar-refractivity contribution is 0.259. The van der Waals surface area contributed by atoms with Crippen molar-refractivity contribution >= 4 is 0 Å². The van der Waals surface area contributed by atoms with Crippen LogP contribution in [-0.4, -0.2) is 45.3 Å². The second-order valence-electron chi connectivity index (χ2n) is 4.81. The van der Waals surface area contributed by atoms with Gasteiger partial charge in [-0.25, -0.2) is 0 Å². The van der Waals surface area contributed by atoms with E-state index in [1.165, 1.54) is 0 Å². The highest BCUT2D eigenvalue weighted by atomic mass is 16.5. The van der Waals surface area contributed by atoms with Crippen LogP contribution in [0.15, 0.2) is 18.2 Å². The predicted molar refractivity (Wildman–Crippen MR) is 74.4 cm³/mol. The van der Waals surface area contributed by atoms with E-state index in [4.69, 9.17) is 15.2 Å². The first kappa shape index (κ1) is 14.8. The summed E-state index contributed by atoms with van der Waals surface area (Å²) in [4.78, 5) is 2.09. The first-order chi connectivity index (χ1) is 8.52. The van der Waals surface area contributed by atoms with Gasteiger partial charge in [0.15, 0.2) is 0 Å². The largest absolute Gasteiger partial charge is 0.497 e. The summed E-state index contributed by atoms with van der Waals surface area (Å²) in [6.45, 7) is 3.55. The van der Waals surface area contributed by atoms with Gasteiger partial charge in [0.2, 0.25) is 0 Å². The summed E-state index contributed by atoms with van der Waals surface area (Å²) in [5.74, 6) is 1.74. The molecule has 0 saturated carbocycles. The van der Waals surface area contributed by atoms with Gasteiger partial charge >= 0.3 is 0 Å². The van der Waals surface area contributed by atoms with Gasteiger partial charge in [0.1, 0.15) is 18.1 Å². The van der Waals surface area contributed by atoms with Crippen LogP contribution in [0.3, 0.4) is 0 Å². The molecule has 0 heterocycles. The quantitative estimate of drug-likeness (QED) is 0.799. The third kappa shape index (κ3) is 4.94. The second-order valence-corrected chi connectivity index (χ2v) is 4.81. The molecular weight excluding hydrogens is 228 g/mol. The van der Waals surface area contributed by atoms with E-state index < -0.39 is 0 Å². The van der Waals surface area contributed by atoms with Crippen LogP contribution in [0.1, 0.15) is 12.5 Å². The van der Waals surface area contributed by atoms with Crippen LogP contribution >= 0.6 is 0 Å². The van der Waals surface area contributed by atoms with E-state index in [2.05, 4.69) is 4.90 Å². The molecule has 0 amide bonds. The minimum Gasteiger partial charge on any atom is -0.497 e. The number of rotatable bonds is 7. The molecule has 2 N–H and O–H groups in total. The van der Waals surface area contributed by atoms with Crippen molar-refractivity contribution in [2.75, 3.05) is 34.4 Å². The molecule has 1 rings (SSSR count). The Labute approximate surface area is 110 Å². The van der Waals surface area contributed by atoms with E-state index in [0.29, 0.717) is 6.61 Å². The maximum Gasteiger partial charge on any atom is 0.122 e. The molecule has 4 nitrogen and oxygen atoms in total. The highest BCUT2D eigenvalue weighted by molar-refractivity contribution is 5.40. The summed E-state index contributed by atoms with van der Waals surface area (Å²) in [6, 6.07) is 5.96. The number of likely N-dealkylation sites (N-methyl/N-ethyl adjacent to an activating group) is 1. The molecule has 1 aromatic carbocycles. The van der Waals surface area contributed by atoms with Crippen LogP contribution in [-0.2, 0) is 6.42 Å². The molecule has 0 bridgehead atoms. The molecule has 0 aliphatic heterocycles. The van der Waals surface area contributed by atoms with E-state index in [-0.39, 0.29) is 6.04 Å². The Morgan fingerprint density at radius 2 is 2.06 bits per heavy atom. The van der Waals surface area contributed by atoms with Gasteiger partial charge in [0.25, 0.3) is 0 Å². The van der Waals surface area contributed by atoms with Crippen LogP contribution in [0.25, 0.3) is 0 Å². The van der Waals surface area contributed by atoms with Gasteiger partial charge in [-0.05, 0) is 51.2 Å². The first-order valence-corrected chi connectivity index (χ1v) is 6.23. The van der Waals surface area contributed by atoms with Gasteiger partial charge in [-0.3, -0.25) is 0 Å². The Balaban J connectivity index is 2.74. The highest BCUT2D eigenvalue weighted by Gasteiger charge is 2.08. The summed E-state index contributed by atoms with van der Waals surface area (Å²) in [6.07, 6.45) is 0.786. The third-order valence-corrected chi connectivity index (χ3v) is 2.61. The molecule has 102 valence electrons. The number of nitrogens with two attached hydrogens (primary N) is 1. The minimum absolute atomic E-state index is 0.105. The Bertz CT molecular complexity index is 365. The maximum atomic E-state index is 5.86. The summed E-state index contributed by atoms with van der Waals surface area (Å²) >= 11 is 0. The van der Waals surface area contributed by atoms with Gasteiger partial charge in [-0.2, -0.15) is 0 Å². The van der Waals surface area contributed by atoms with E-state index in [9.17, 15) is 0 Å². The molecular formula is C14H24N2O2. The maximum absolute atomic E-state index is 5.86. The van der Waals surface area contributed by atoms with Crippen molar-refractivity contribution in [1.29, 1.82) is 0 Å². The average molecular weight is 252 g/mol. The van der Waals surface area contributed by atoms with Gasteiger partial charge in [0, 0.05) is 12.6 Å². The van der Waals surface area contributed by atoms with Crippen molar-refractivity contribution in [3.63, 3.8) is 0 Å². The van der Waals surface area contributed by atoms with Gasteiger partial charge in [-0.15, -0.1) is 0 Å². The lowest BCUT2D eigenvalue weighted by Gasteiger charge is -2.16. The van der Waals surface area contributed by atoms with Crippen molar-refractivity contribution in [3.8, 4) is 11.5 Å². The van der Waals surface area contributed by atoms with Crippen LogP contribution in [0.5, 0.6) is 11.5 Å². The minimum atomic E-state index is 0.105. The Kier molecular flexibility index (Phi) is 5.95. The van der Waals surface area contributed by atoms with E-state index in [0.717, 1.165) is 30.0 Å². The number of hydrogen-bond acceptors (Lipinski definition) is 4. The SMILES string of the molecule is COc1ccc(OCCN(C)C)c(CC(C)N)c1. The molecule has 0 saturated heterocycles. The molecule has 4 heteroatoms. The predicted octanol–water partition coefficient (Wildman–Crippen LogP) is 1.53. The molecule has 18 heavy (non-hydrogen) atoms. The molecule has 0 aromatic heterocycles. The monoisotopic (exact) mass is 252 g/mol. The van der Waals surface area contributed by atoms with Crippen LogP contribution in [0.2, 0.25) is 0 Å². The summed E-state index contributed by atoms with van der Waals surface area (Å²) in [5, 5.41) is 0. The van der Waals surface area contributed by atoms with E-state index in [1.807, 2.05) is 39.2 Å².